The van der Waals surface area contributed by atoms with E-state index in [9.17, 15) is 9.18 Å². The molecule has 2 aliphatic heterocycles. The molecule has 0 N–H and O–H groups in total. The first-order valence-electron chi connectivity index (χ1n) is 9.37. The van der Waals surface area contributed by atoms with Gasteiger partial charge in [-0.2, -0.15) is 0 Å². The summed E-state index contributed by atoms with van der Waals surface area (Å²) in [4.78, 5) is 20.8. The number of halogens is 1. The lowest BCUT2D eigenvalue weighted by atomic mass is 9.89. The number of aryl methyl sites for hydroxylation is 1. The number of aromatic nitrogens is 1. The molecule has 0 radical (unpaired) electrons. The minimum absolute atomic E-state index is 0.0691. The van der Waals surface area contributed by atoms with Crippen LogP contribution in [0.4, 0.5) is 10.1 Å². The van der Waals surface area contributed by atoms with E-state index in [1.165, 1.54) is 17.7 Å². The number of ether oxygens (including phenoxy) is 1. The number of rotatable bonds is 3. The van der Waals surface area contributed by atoms with Crippen LogP contribution in [-0.4, -0.2) is 47.6 Å². The zero-order valence-corrected chi connectivity index (χ0v) is 15.5. The maximum Gasteiger partial charge on any atom is 0.253 e. The fourth-order valence-electron chi connectivity index (χ4n) is 3.84. The molecule has 1 aromatic heterocycles. The maximum absolute atomic E-state index is 13.2. The van der Waals surface area contributed by atoms with E-state index in [0.29, 0.717) is 6.54 Å². The van der Waals surface area contributed by atoms with E-state index in [4.69, 9.17) is 4.74 Å². The second-order valence-corrected chi connectivity index (χ2v) is 7.51. The summed E-state index contributed by atoms with van der Waals surface area (Å²) in [7, 11) is 0. The van der Waals surface area contributed by atoms with Crippen molar-refractivity contribution in [3.05, 3.63) is 59.7 Å². The molecule has 0 aliphatic carbocycles. The Morgan fingerprint density at radius 2 is 1.89 bits per heavy atom. The van der Waals surface area contributed by atoms with Gasteiger partial charge in [0.2, 0.25) is 0 Å². The number of hydrogen-bond donors (Lipinski definition) is 0. The first-order valence-corrected chi connectivity index (χ1v) is 9.37. The van der Waals surface area contributed by atoms with Crippen molar-refractivity contribution in [1.82, 2.24) is 9.88 Å². The molecule has 1 aromatic carbocycles. The van der Waals surface area contributed by atoms with Crippen molar-refractivity contribution in [2.45, 2.75) is 31.9 Å². The summed E-state index contributed by atoms with van der Waals surface area (Å²) < 4.78 is 19.2. The molecule has 5 nitrogen and oxygen atoms in total. The fourth-order valence-corrected chi connectivity index (χ4v) is 3.84. The van der Waals surface area contributed by atoms with Crippen molar-refractivity contribution < 1.29 is 13.9 Å². The van der Waals surface area contributed by atoms with Gasteiger partial charge in [0.1, 0.15) is 12.4 Å². The number of pyridine rings is 1. The Morgan fingerprint density at radius 1 is 1.15 bits per heavy atom. The van der Waals surface area contributed by atoms with Gasteiger partial charge in [0.25, 0.3) is 5.91 Å². The third kappa shape index (κ3) is 4.01. The predicted molar refractivity (Wildman–Crippen MR) is 101 cm³/mol. The van der Waals surface area contributed by atoms with Crippen LogP contribution in [0.3, 0.4) is 0 Å². The minimum Gasteiger partial charge on any atom is -0.363 e. The van der Waals surface area contributed by atoms with E-state index >= 15 is 0 Å². The molecule has 2 fully saturated rings. The van der Waals surface area contributed by atoms with Crippen LogP contribution in [0.1, 0.15) is 24.1 Å². The smallest absolute Gasteiger partial charge is 0.253 e. The molecule has 1 amide bonds. The summed E-state index contributed by atoms with van der Waals surface area (Å²) in [5, 5.41) is 0. The summed E-state index contributed by atoms with van der Waals surface area (Å²) in [6, 6.07) is 10.3. The lowest BCUT2D eigenvalue weighted by Crippen LogP contribution is -2.58. The molecule has 0 unspecified atom stereocenters. The van der Waals surface area contributed by atoms with E-state index in [1.54, 1.807) is 17.0 Å². The van der Waals surface area contributed by atoms with Gasteiger partial charge in [-0.3, -0.25) is 14.7 Å². The Hall–Kier alpha value is -2.31. The molecule has 2 saturated heterocycles. The summed E-state index contributed by atoms with van der Waals surface area (Å²) in [6.07, 6.45) is 3.68. The van der Waals surface area contributed by atoms with E-state index in [0.717, 1.165) is 43.9 Å². The van der Waals surface area contributed by atoms with E-state index in [2.05, 4.69) is 16.0 Å². The van der Waals surface area contributed by atoms with Crippen molar-refractivity contribution in [3.63, 3.8) is 0 Å². The average molecular weight is 369 g/mol. The maximum atomic E-state index is 13.2. The third-order valence-corrected chi connectivity index (χ3v) is 5.53. The standard InChI is InChI=1S/C21H24FN3O2/c1-16-2-3-17(12-23-16)13-24-10-8-21(9-11-24)15-25(20(26)14-27-21)19-6-4-18(22)5-7-19/h2-7,12H,8-11,13-15H2,1H3. The summed E-state index contributed by atoms with van der Waals surface area (Å²) in [5.74, 6) is -0.367. The van der Waals surface area contributed by atoms with Gasteiger partial charge in [-0.1, -0.05) is 6.07 Å². The quantitative estimate of drug-likeness (QED) is 0.835. The Bertz CT molecular complexity index is 799. The first kappa shape index (κ1) is 18.1. The SMILES string of the molecule is Cc1ccc(CN2CCC3(CC2)CN(c2ccc(F)cc2)C(=O)CO3)cn1. The van der Waals surface area contributed by atoms with Gasteiger partial charge in [-0.25, -0.2) is 4.39 Å². The van der Waals surface area contributed by atoms with Crippen molar-refractivity contribution >= 4 is 11.6 Å². The highest BCUT2D eigenvalue weighted by atomic mass is 19.1. The number of nitrogens with zero attached hydrogens (tertiary/aromatic N) is 3. The molecule has 27 heavy (non-hydrogen) atoms. The molecule has 2 aliphatic rings. The van der Waals surface area contributed by atoms with Crippen LogP contribution < -0.4 is 4.90 Å². The topological polar surface area (TPSA) is 45.7 Å². The number of likely N-dealkylation sites (tertiary alicyclic amines) is 1. The Balaban J connectivity index is 1.40. The van der Waals surface area contributed by atoms with Crippen molar-refractivity contribution in [3.8, 4) is 0 Å². The highest BCUT2D eigenvalue weighted by molar-refractivity contribution is 5.95. The van der Waals surface area contributed by atoms with Gasteiger partial charge in [-0.05, 0) is 55.7 Å². The van der Waals surface area contributed by atoms with Crippen LogP contribution in [-0.2, 0) is 16.1 Å². The fraction of sp³-hybridized carbons (Fsp3) is 0.429. The number of carbonyl (C=O) groups is 1. The van der Waals surface area contributed by atoms with Crippen LogP contribution in [0.25, 0.3) is 0 Å². The van der Waals surface area contributed by atoms with E-state index < -0.39 is 0 Å². The summed E-state index contributed by atoms with van der Waals surface area (Å²) in [6.45, 7) is 5.31. The molecule has 142 valence electrons. The molecule has 0 saturated carbocycles. The lowest BCUT2D eigenvalue weighted by molar-refractivity contribution is -0.144. The number of carbonyl (C=O) groups excluding carboxylic acids is 1. The van der Waals surface area contributed by atoms with Crippen molar-refractivity contribution in [2.24, 2.45) is 0 Å². The van der Waals surface area contributed by atoms with Crippen molar-refractivity contribution in [1.29, 1.82) is 0 Å². The Kier molecular flexibility index (Phi) is 4.93. The van der Waals surface area contributed by atoms with Crippen LogP contribution in [0.2, 0.25) is 0 Å². The second-order valence-electron chi connectivity index (χ2n) is 7.51. The number of anilines is 1. The molecule has 4 rings (SSSR count). The van der Waals surface area contributed by atoms with Crippen LogP contribution >= 0.6 is 0 Å². The van der Waals surface area contributed by atoms with Crippen molar-refractivity contribution in [2.75, 3.05) is 31.1 Å². The largest absolute Gasteiger partial charge is 0.363 e. The Morgan fingerprint density at radius 3 is 2.56 bits per heavy atom. The van der Waals surface area contributed by atoms with Crippen LogP contribution in [0.5, 0.6) is 0 Å². The number of piperidine rings is 1. The molecular formula is C21H24FN3O2. The number of amides is 1. The molecule has 3 heterocycles. The van der Waals surface area contributed by atoms with E-state index in [1.807, 2.05) is 19.2 Å². The highest BCUT2D eigenvalue weighted by Crippen LogP contribution is 2.33. The minimum atomic E-state index is -0.315. The zero-order valence-electron chi connectivity index (χ0n) is 15.5. The van der Waals surface area contributed by atoms with Gasteiger partial charge in [0.15, 0.2) is 0 Å². The number of hydrogen-bond acceptors (Lipinski definition) is 4. The Labute approximate surface area is 158 Å². The van der Waals surface area contributed by atoms with Gasteiger partial charge >= 0.3 is 0 Å². The predicted octanol–water partition coefficient (Wildman–Crippen LogP) is 2.93. The number of benzene rings is 1. The van der Waals surface area contributed by atoms with Gasteiger partial charge in [0, 0.05) is 37.2 Å². The highest BCUT2D eigenvalue weighted by Gasteiger charge is 2.42. The van der Waals surface area contributed by atoms with E-state index in [-0.39, 0.29) is 23.9 Å². The molecule has 1 spiro atoms. The average Bonchev–Trinajstić information content (AvgIpc) is 2.68. The molecule has 0 atom stereocenters. The third-order valence-electron chi connectivity index (χ3n) is 5.53. The monoisotopic (exact) mass is 369 g/mol. The van der Waals surface area contributed by atoms with Gasteiger partial charge in [0.05, 0.1) is 12.1 Å². The first-order chi connectivity index (χ1) is 13.0. The van der Waals surface area contributed by atoms with Gasteiger partial charge < -0.3 is 9.64 Å². The van der Waals surface area contributed by atoms with Gasteiger partial charge in [-0.15, -0.1) is 0 Å². The zero-order chi connectivity index (χ0) is 18.9. The second kappa shape index (κ2) is 7.37. The molecular weight excluding hydrogens is 345 g/mol. The lowest BCUT2D eigenvalue weighted by Gasteiger charge is -2.47. The number of morpholine rings is 1. The normalized spacial score (nSPS) is 20.2. The summed E-state index contributed by atoms with van der Waals surface area (Å²) >= 11 is 0. The van der Waals surface area contributed by atoms with Crippen LogP contribution in [0, 0.1) is 12.7 Å². The molecule has 2 aromatic rings. The molecule has 0 bridgehead atoms. The summed E-state index contributed by atoms with van der Waals surface area (Å²) in [5.41, 5.74) is 2.66. The van der Waals surface area contributed by atoms with Crippen LogP contribution in [0.15, 0.2) is 42.6 Å². The molecule has 6 heteroatoms.